The van der Waals surface area contributed by atoms with Gasteiger partial charge in [-0.05, 0) is 5.56 Å². The maximum absolute atomic E-state index is 11.8. The summed E-state index contributed by atoms with van der Waals surface area (Å²) in [5, 5.41) is 6.49. The van der Waals surface area contributed by atoms with Crippen LogP contribution in [0.2, 0.25) is 0 Å². The Balaban J connectivity index is 1.41. The van der Waals surface area contributed by atoms with E-state index in [0.717, 1.165) is 5.56 Å². The number of amides is 1. The third-order valence-corrected chi connectivity index (χ3v) is 5.40. The minimum absolute atomic E-state index is 0.0101. The van der Waals surface area contributed by atoms with E-state index in [9.17, 15) is 13.2 Å². The summed E-state index contributed by atoms with van der Waals surface area (Å²) in [7, 11) is -2.94. The summed E-state index contributed by atoms with van der Waals surface area (Å²) < 4.78 is 32.8. The number of benzene rings is 1. The predicted molar refractivity (Wildman–Crippen MR) is 85.7 cm³/mol. The molecule has 7 nitrogen and oxygen atoms in total. The molecule has 0 atom stereocenters. The molecule has 0 radical (unpaired) electrons. The zero-order chi connectivity index (χ0) is 17.0. The van der Waals surface area contributed by atoms with Gasteiger partial charge in [-0.2, -0.15) is 0 Å². The van der Waals surface area contributed by atoms with E-state index >= 15 is 0 Å². The fourth-order valence-corrected chi connectivity index (χ4v) is 3.74. The third kappa shape index (κ3) is 4.65. The van der Waals surface area contributed by atoms with Crippen molar-refractivity contribution in [2.75, 3.05) is 11.5 Å². The lowest BCUT2D eigenvalue weighted by Gasteiger charge is -2.26. The zero-order valence-corrected chi connectivity index (χ0v) is 13.8. The van der Waals surface area contributed by atoms with Crippen LogP contribution in [-0.4, -0.2) is 37.0 Å². The first kappa shape index (κ1) is 16.7. The Kier molecular flexibility index (Phi) is 4.96. The molecular weight excluding hydrogens is 332 g/mol. The molecule has 0 spiro atoms. The van der Waals surface area contributed by atoms with Crippen LogP contribution in [0, 0.1) is 0 Å². The molecule has 0 unspecified atom stereocenters. The number of carbonyl (C=O) groups excluding carboxylic acids is 1. The molecular formula is C16H18N2O5S. The number of ether oxygens (including phenoxy) is 1. The van der Waals surface area contributed by atoms with Gasteiger partial charge in [-0.3, -0.25) is 4.79 Å². The summed E-state index contributed by atoms with van der Waals surface area (Å²) in [6.45, 7) is 0.734. The van der Waals surface area contributed by atoms with Crippen LogP contribution in [0.5, 0.6) is 0 Å². The van der Waals surface area contributed by atoms with Gasteiger partial charge >= 0.3 is 0 Å². The summed E-state index contributed by atoms with van der Waals surface area (Å²) in [4.78, 5) is 11.8. The molecule has 8 heteroatoms. The Hall–Kier alpha value is -2.19. The zero-order valence-electron chi connectivity index (χ0n) is 13.0. The van der Waals surface area contributed by atoms with Crippen LogP contribution in [-0.2, 0) is 39.0 Å². The van der Waals surface area contributed by atoms with Crippen molar-refractivity contribution in [3.63, 3.8) is 0 Å². The molecule has 2 heterocycles. The van der Waals surface area contributed by atoms with Crippen LogP contribution in [0.25, 0.3) is 0 Å². The first-order valence-corrected chi connectivity index (χ1v) is 9.38. The summed E-state index contributed by atoms with van der Waals surface area (Å²) in [5.41, 5.74) is 1.56. The van der Waals surface area contributed by atoms with Gasteiger partial charge in [0.05, 0.1) is 36.3 Å². The van der Waals surface area contributed by atoms with Crippen molar-refractivity contribution < 1.29 is 22.5 Å². The largest absolute Gasteiger partial charge is 0.369 e. The molecule has 0 aliphatic carbocycles. The highest BCUT2D eigenvalue weighted by molar-refractivity contribution is 7.92. The van der Waals surface area contributed by atoms with Crippen molar-refractivity contribution in [3.8, 4) is 0 Å². The summed E-state index contributed by atoms with van der Waals surface area (Å²) in [5.74, 6) is 0.298. The molecule has 128 valence electrons. The Morgan fingerprint density at radius 1 is 1.25 bits per heavy atom. The minimum atomic E-state index is -2.94. The molecule has 1 aromatic carbocycles. The van der Waals surface area contributed by atoms with E-state index in [1.807, 2.05) is 30.3 Å². The molecule has 1 aliphatic rings. The highest BCUT2D eigenvalue weighted by Gasteiger charge is 2.34. The monoisotopic (exact) mass is 350 g/mol. The molecule has 0 saturated carbocycles. The van der Waals surface area contributed by atoms with Crippen LogP contribution in [0.1, 0.15) is 17.0 Å². The maximum Gasteiger partial charge on any atom is 0.226 e. The minimum Gasteiger partial charge on any atom is -0.369 e. The van der Waals surface area contributed by atoms with Crippen LogP contribution >= 0.6 is 0 Å². The lowest BCUT2D eigenvalue weighted by molar-refractivity contribution is -0.121. The van der Waals surface area contributed by atoms with Crippen LogP contribution < -0.4 is 5.32 Å². The second-order valence-corrected chi connectivity index (χ2v) is 7.93. The van der Waals surface area contributed by atoms with E-state index in [2.05, 4.69) is 10.5 Å². The van der Waals surface area contributed by atoms with Gasteiger partial charge in [0.25, 0.3) is 0 Å². The predicted octanol–water partition coefficient (Wildman–Crippen LogP) is 0.847. The molecule has 1 fully saturated rings. The highest BCUT2D eigenvalue weighted by atomic mass is 32.2. The lowest BCUT2D eigenvalue weighted by atomic mass is 10.2. The number of carbonyl (C=O) groups is 1. The molecule has 1 aliphatic heterocycles. The average Bonchev–Trinajstić information content (AvgIpc) is 2.94. The van der Waals surface area contributed by atoms with Gasteiger partial charge in [0, 0.05) is 6.07 Å². The second kappa shape index (κ2) is 7.14. The first-order valence-electron chi connectivity index (χ1n) is 7.56. The van der Waals surface area contributed by atoms with E-state index in [4.69, 9.17) is 9.26 Å². The van der Waals surface area contributed by atoms with Crippen molar-refractivity contribution in [2.45, 2.75) is 25.7 Å². The van der Waals surface area contributed by atoms with E-state index < -0.39 is 9.84 Å². The third-order valence-electron chi connectivity index (χ3n) is 3.58. The Labute approximate surface area is 139 Å². The van der Waals surface area contributed by atoms with Crippen molar-refractivity contribution in [3.05, 3.63) is 53.4 Å². The van der Waals surface area contributed by atoms with E-state index in [0.29, 0.717) is 18.1 Å². The molecule has 1 saturated heterocycles. The summed E-state index contributed by atoms with van der Waals surface area (Å²) >= 11 is 0. The van der Waals surface area contributed by atoms with Gasteiger partial charge in [-0.25, -0.2) is 8.42 Å². The number of hydrogen-bond acceptors (Lipinski definition) is 6. The number of sulfone groups is 1. The number of rotatable bonds is 7. The normalized spacial score (nSPS) is 16.5. The Bertz CT molecular complexity index is 789. The van der Waals surface area contributed by atoms with E-state index in [1.165, 1.54) is 0 Å². The highest BCUT2D eigenvalue weighted by Crippen LogP contribution is 2.11. The number of nitrogens with one attached hydrogen (secondary N) is 1. The van der Waals surface area contributed by atoms with Crippen molar-refractivity contribution in [1.82, 2.24) is 10.5 Å². The quantitative estimate of drug-likeness (QED) is 0.795. The fraction of sp³-hybridized carbons (Fsp3) is 0.375. The number of hydrogen-bond donors (Lipinski definition) is 1. The maximum atomic E-state index is 11.8. The van der Waals surface area contributed by atoms with Crippen molar-refractivity contribution >= 4 is 15.7 Å². The molecule has 0 bridgehead atoms. The van der Waals surface area contributed by atoms with E-state index in [-0.39, 0.29) is 36.5 Å². The Morgan fingerprint density at radius 3 is 2.71 bits per heavy atom. The second-order valence-electron chi connectivity index (χ2n) is 5.78. The molecule has 24 heavy (non-hydrogen) atoms. The molecule has 1 aromatic heterocycles. The van der Waals surface area contributed by atoms with Gasteiger partial charge in [0.1, 0.15) is 6.61 Å². The van der Waals surface area contributed by atoms with Crippen LogP contribution in [0.3, 0.4) is 0 Å². The molecule has 1 N–H and O–H groups in total. The Morgan fingerprint density at radius 2 is 2.00 bits per heavy atom. The first-order chi connectivity index (χ1) is 11.5. The van der Waals surface area contributed by atoms with Crippen molar-refractivity contribution in [2.24, 2.45) is 0 Å². The van der Waals surface area contributed by atoms with E-state index in [1.54, 1.807) is 6.07 Å². The average molecular weight is 350 g/mol. The number of aromatic nitrogens is 1. The van der Waals surface area contributed by atoms with Gasteiger partial charge in [0.15, 0.2) is 15.6 Å². The molecule has 1 amide bonds. The molecule has 2 aromatic rings. The van der Waals surface area contributed by atoms with Crippen LogP contribution in [0.15, 0.2) is 40.9 Å². The lowest BCUT2D eigenvalue weighted by Crippen LogP contribution is -2.53. The van der Waals surface area contributed by atoms with Gasteiger partial charge in [-0.15, -0.1) is 0 Å². The summed E-state index contributed by atoms with van der Waals surface area (Å²) in [6.07, 6.45) is 0.0543. The van der Waals surface area contributed by atoms with Crippen molar-refractivity contribution in [1.29, 1.82) is 0 Å². The summed E-state index contributed by atoms with van der Waals surface area (Å²) in [6, 6.07) is 11.1. The standard InChI is InChI=1S/C16H18N2O5S/c19-16(17-14-10-24(20,21)11-14)7-13-6-15(23-18-13)9-22-8-12-4-2-1-3-5-12/h1-6,14H,7-11H2,(H,17,19). The SMILES string of the molecule is O=C(Cc1cc(COCc2ccccc2)on1)NC1CS(=O)(=O)C1. The topological polar surface area (TPSA) is 98.5 Å². The smallest absolute Gasteiger partial charge is 0.226 e. The number of nitrogens with zero attached hydrogens (tertiary/aromatic N) is 1. The molecule has 3 rings (SSSR count). The van der Waals surface area contributed by atoms with Gasteiger partial charge in [-0.1, -0.05) is 35.5 Å². The van der Waals surface area contributed by atoms with Gasteiger partial charge < -0.3 is 14.6 Å². The van der Waals surface area contributed by atoms with Gasteiger partial charge in [0.2, 0.25) is 5.91 Å². The van der Waals surface area contributed by atoms with Crippen LogP contribution in [0.4, 0.5) is 0 Å². The fourth-order valence-electron chi connectivity index (χ4n) is 2.44.